The van der Waals surface area contributed by atoms with Gasteiger partial charge in [-0.25, -0.2) is 13.6 Å². The molecule has 0 radical (unpaired) electrons. The molecule has 0 bridgehead atoms. The minimum Gasteiger partial charge on any atom is -0.294 e. The van der Waals surface area contributed by atoms with E-state index in [1.807, 2.05) is 6.07 Å². The van der Waals surface area contributed by atoms with Crippen molar-refractivity contribution in [2.45, 2.75) is 11.8 Å². The van der Waals surface area contributed by atoms with Gasteiger partial charge in [-0.3, -0.25) is 4.79 Å². The van der Waals surface area contributed by atoms with Gasteiger partial charge in [0.05, 0.1) is 4.88 Å². The van der Waals surface area contributed by atoms with Crippen LogP contribution in [-0.4, -0.2) is 14.2 Å². The summed E-state index contributed by atoms with van der Waals surface area (Å²) in [6.07, 6.45) is 0. The fourth-order valence-corrected chi connectivity index (χ4v) is 4.12. The highest BCUT2D eigenvalue weighted by molar-refractivity contribution is 7.89. The number of sulfonamides is 1. The van der Waals surface area contributed by atoms with E-state index >= 15 is 0 Å². The van der Waals surface area contributed by atoms with Gasteiger partial charge in [-0.05, 0) is 12.5 Å². The molecule has 0 saturated carbocycles. The fourth-order valence-electron chi connectivity index (χ4n) is 1.66. The zero-order chi connectivity index (χ0) is 13.3. The van der Waals surface area contributed by atoms with Gasteiger partial charge in [-0.2, -0.15) is 0 Å². The number of benzene rings is 1. The SMILES string of the molecule is CC(=O)c1csc(-c2ccccc2)c1S(N)(=O)=O. The van der Waals surface area contributed by atoms with Crippen molar-refractivity contribution in [3.63, 3.8) is 0 Å². The van der Waals surface area contributed by atoms with E-state index in [4.69, 9.17) is 5.14 Å². The first-order valence-electron chi connectivity index (χ1n) is 5.12. The molecule has 1 aromatic heterocycles. The molecule has 0 fully saturated rings. The molecular weight excluding hydrogens is 270 g/mol. The summed E-state index contributed by atoms with van der Waals surface area (Å²) >= 11 is 1.20. The number of carbonyl (C=O) groups excluding carboxylic acids is 1. The van der Waals surface area contributed by atoms with Crippen LogP contribution in [0, 0.1) is 0 Å². The summed E-state index contributed by atoms with van der Waals surface area (Å²) in [5, 5.41) is 6.74. The third-order valence-corrected chi connectivity index (χ3v) is 4.60. The highest BCUT2D eigenvalue weighted by Crippen LogP contribution is 2.35. The number of Topliss-reactive ketones (excluding diaryl/α,β-unsaturated/α-hetero) is 1. The number of hydrogen-bond donors (Lipinski definition) is 1. The van der Waals surface area contributed by atoms with E-state index in [1.54, 1.807) is 24.3 Å². The Kier molecular flexibility index (Phi) is 3.34. The van der Waals surface area contributed by atoms with Gasteiger partial charge in [0, 0.05) is 10.9 Å². The number of rotatable bonds is 3. The van der Waals surface area contributed by atoms with Crippen LogP contribution in [0.15, 0.2) is 40.6 Å². The minimum absolute atomic E-state index is 0.0776. The summed E-state index contributed by atoms with van der Waals surface area (Å²) in [5.41, 5.74) is 0.889. The Bertz CT molecular complexity index is 687. The number of hydrogen-bond acceptors (Lipinski definition) is 4. The maximum Gasteiger partial charge on any atom is 0.240 e. The zero-order valence-electron chi connectivity index (χ0n) is 9.58. The molecule has 0 unspecified atom stereocenters. The topological polar surface area (TPSA) is 77.2 Å². The average molecular weight is 281 g/mol. The molecule has 0 saturated heterocycles. The lowest BCUT2D eigenvalue weighted by Gasteiger charge is -2.03. The van der Waals surface area contributed by atoms with Gasteiger partial charge >= 0.3 is 0 Å². The lowest BCUT2D eigenvalue weighted by Crippen LogP contribution is -2.15. The van der Waals surface area contributed by atoms with E-state index in [2.05, 4.69) is 0 Å². The lowest BCUT2D eigenvalue weighted by atomic mass is 10.1. The first-order valence-corrected chi connectivity index (χ1v) is 7.54. The second-order valence-corrected chi connectivity index (χ2v) is 6.15. The molecular formula is C12H11NO3S2. The fraction of sp³-hybridized carbons (Fsp3) is 0.0833. The maximum atomic E-state index is 11.6. The van der Waals surface area contributed by atoms with E-state index in [0.29, 0.717) is 4.88 Å². The van der Waals surface area contributed by atoms with E-state index in [-0.39, 0.29) is 16.2 Å². The van der Waals surface area contributed by atoms with Crippen LogP contribution in [-0.2, 0) is 10.0 Å². The molecule has 94 valence electrons. The Morgan fingerprint density at radius 1 is 1.22 bits per heavy atom. The van der Waals surface area contributed by atoms with E-state index in [9.17, 15) is 13.2 Å². The van der Waals surface area contributed by atoms with Crippen molar-refractivity contribution < 1.29 is 13.2 Å². The molecule has 0 amide bonds. The second-order valence-electron chi connectivity index (χ2n) is 3.77. The largest absolute Gasteiger partial charge is 0.294 e. The van der Waals surface area contributed by atoms with Crippen molar-refractivity contribution in [3.05, 3.63) is 41.3 Å². The van der Waals surface area contributed by atoms with E-state index in [0.717, 1.165) is 5.56 Å². The highest BCUT2D eigenvalue weighted by Gasteiger charge is 2.24. The molecule has 0 aliphatic carbocycles. The Morgan fingerprint density at radius 3 is 2.33 bits per heavy atom. The summed E-state index contributed by atoms with van der Waals surface area (Å²) in [7, 11) is -3.92. The van der Waals surface area contributed by atoms with Gasteiger partial charge in [0.2, 0.25) is 10.0 Å². The summed E-state index contributed by atoms with van der Waals surface area (Å²) in [5.74, 6) is -0.308. The van der Waals surface area contributed by atoms with Crippen LogP contribution in [0.25, 0.3) is 10.4 Å². The molecule has 2 rings (SSSR count). The summed E-state index contributed by atoms with van der Waals surface area (Å²) in [4.78, 5) is 11.9. The summed E-state index contributed by atoms with van der Waals surface area (Å²) in [6, 6.07) is 9.00. The Labute approximate surface area is 109 Å². The van der Waals surface area contributed by atoms with Crippen LogP contribution >= 0.6 is 11.3 Å². The molecule has 6 heteroatoms. The molecule has 18 heavy (non-hydrogen) atoms. The van der Waals surface area contributed by atoms with Gasteiger partial charge in [0.15, 0.2) is 5.78 Å². The Hall–Kier alpha value is -1.50. The average Bonchev–Trinajstić information content (AvgIpc) is 2.74. The van der Waals surface area contributed by atoms with Crippen LogP contribution in [0.1, 0.15) is 17.3 Å². The quantitative estimate of drug-likeness (QED) is 0.877. The molecule has 0 aliphatic heterocycles. The van der Waals surface area contributed by atoms with Crippen molar-refractivity contribution in [1.29, 1.82) is 0 Å². The van der Waals surface area contributed by atoms with Gasteiger partial charge < -0.3 is 0 Å². The first kappa shape index (κ1) is 12.9. The number of ketones is 1. The van der Waals surface area contributed by atoms with Crippen molar-refractivity contribution in [2.24, 2.45) is 5.14 Å². The standard InChI is InChI=1S/C12H11NO3S2/c1-8(14)10-7-17-11(12(10)18(13,15)16)9-5-3-2-4-6-9/h2-7H,1H3,(H2,13,15,16). The van der Waals surface area contributed by atoms with Gasteiger partial charge in [0.25, 0.3) is 0 Å². The highest BCUT2D eigenvalue weighted by atomic mass is 32.2. The molecule has 4 nitrogen and oxygen atoms in total. The predicted octanol–water partition coefficient (Wildman–Crippen LogP) is 2.27. The summed E-state index contributed by atoms with van der Waals surface area (Å²) in [6.45, 7) is 1.32. The van der Waals surface area contributed by atoms with Crippen molar-refractivity contribution in [3.8, 4) is 10.4 Å². The Balaban J connectivity index is 2.75. The number of nitrogens with two attached hydrogens (primary N) is 1. The van der Waals surface area contributed by atoms with Crippen molar-refractivity contribution in [1.82, 2.24) is 0 Å². The summed E-state index contributed by atoms with van der Waals surface area (Å²) < 4.78 is 23.3. The van der Waals surface area contributed by atoms with Crippen molar-refractivity contribution in [2.75, 3.05) is 0 Å². The van der Waals surface area contributed by atoms with Gasteiger partial charge in [-0.1, -0.05) is 30.3 Å². The molecule has 0 spiro atoms. The van der Waals surface area contributed by atoms with E-state index in [1.165, 1.54) is 23.6 Å². The predicted molar refractivity (Wildman–Crippen MR) is 71.1 cm³/mol. The van der Waals surface area contributed by atoms with Crippen LogP contribution in [0.5, 0.6) is 0 Å². The third kappa shape index (κ3) is 2.35. The van der Waals surface area contributed by atoms with Crippen LogP contribution < -0.4 is 5.14 Å². The molecule has 1 aromatic carbocycles. The maximum absolute atomic E-state index is 11.6. The third-order valence-electron chi connectivity index (χ3n) is 2.45. The first-order chi connectivity index (χ1) is 8.41. The van der Waals surface area contributed by atoms with Gasteiger partial charge in [-0.15, -0.1) is 11.3 Å². The molecule has 0 aliphatic rings. The lowest BCUT2D eigenvalue weighted by molar-refractivity contribution is 0.101. The monoisotopic (exact) mass is 281 g/mol. The Morgan fingerprint density at radius 2 is 1.83 bits per heavy atom. The molecule has 0 atom stereocenters. The van der Waals surface area contributed by atoms with Crippen LogP contribution in [0.4, 0.5) is 0 Å². The number of thiophene rings is 1. The number of primary sulfonamides is 1. The molecule has 2 aromatic rings. The molecule has 1 heterocycles. The normalized spacial score (nSPS) is 11.4. The van der Waals surface area contributed by atoms with Crippen LogP contribution in [0.2, 0.25) is 0 Å². The number of carbonyl (C=O) groups is 1. The minimum atomic E-state index is -3.92. The van der Waals surface area contributed by atoms with Crippen LogP contribution in [0.3, 0.4) is 0 Å². The smallest absolute Gasteiger partial charge is 0.240 e. The van der Waals surface area contributed by atoms with E-state index < -0.39 is 10.0 Å². The molecule has 2 N–H and O–H groups in total. The second kappa shape index (κ2) is 4.64. The van der Waals surface area contributed by atoms with Crippen molar-refractivity contribution >= 4 is 27.1 Å². The van der Waals surface area contributed by atoms with Gasteiger partial charge in [0.1, 0.15) is 4.90 Å². The zero-order valence-corrected chi connectivity index (χ0v) is 11.2.